The van der Waals surface area contributed by atoms with Gasteiger partial charge in [0, 0.05) is 33.9 Å². The molecule has 0 spiro atoms. The number of aliphatic imine (C=N–C) groups is 1. The number of methoxy groups -OCH3 is 1. The third-order valence-electron chi connectivity index (χ3n) is 3.24. The minimum atomic E-state index is -0.188. The molecule has 1 saturated heterocycles. The molecule has 0 aromatic rings. The van der Waals surface area contributed by atoms with E-state index in [1.807, 2.05) is 13.8 Å². The normalized spacial score (nSPS) is 20.0. The molecule has 6 heteroatoms. The van der Waals surface area contributed by atoms with Gasteiger partial charge in [0.15, 0.2) is 5.96 Å². The molecule has 0 aromatic heterocycles. The van der Waals surface area contributed by atoms with Crippen LogP contribution in [0.1, 0.15) is 33.1 Å². The van der Waals surface area contributed by atoms with Gasteiger partial charge < -0.3 is 20.1 Å². The molecule has 1 rings (SSSR count). The Morgan fingerprint density at radius 2 is 2.16 bits per heavy atom. The van der Waals surface area contributed by atoms with Gasteiger partial charge in [0.05, 0.1) is 11.7 Å². The molecule has 0 aromatic carbocycles. The molecular weight excluding hydrogens is 357 g/mol. The van der Waals surface area contributed by atoms with Crippen molar-refractivity contribution in [3.05, 3.63) is 0 Å². The number of rotatable bonds is 6. The summed E-state index contributed by atoms with van der Waals surface area (Å²) in [7, 11) is 3.50. The Hall–Kier alpha value is -0.0800. The number of guanidine groups is 1. The molecule has 2 N–H and O–H groups in total. The van der Waals surface area contributed by atoms with Crippen molar-refractivity contribution in [3.63, 3.8) is 0 Å². The summed E-state index contributed by atoms with van der Waals surface area (Å²) in [6.45, 7) is 6.61. The third-order valence-corrected chi connectivity index (χ3v) is 3.24. The van der Waals surface area contributed by atoms with Gasteiger partial charge in [0.25, 0.3) is 0 Å². The molecular formula is C13H28IN3O2. The zero-order valence-electron chi connectivity index (χ0n) is 12.5. The summed E-state index contributed by atoms with van der Waals surface area (Å²) in [5.74, 6) is 0.818. The van der Waals surface area contributed by atoms with Crippen LogP contribution in [-0.2, 0) is 9.47 Å². The SMILES string of the molecule is CN=C(NCCC1CCCO1)NCC(C)(C)OC.I. The number of hydrogen-bond acceptors (Lipinski definition) is 3. The highest BCUT2D eigenvalue weighted by atomic mass is 127. The zero-order valence-corrected chi connectivity index (χ0v) is 14.8. The van der Waals surface area contributed by atoms with Gasteiger partial charge in [-0.1, -0.05) is 0 Å². The predicted molar refractivity (Wildman–Crippen MR) is 89.5 cm³/mol. The van der Waals surface area contributed by atoms with Gasteiger partial charge in [-0.25, -0.2) is 0 Å². The number of nitrogens with one attached hydrogen (secondary N) is 2. The van der Waals surface area contributed by atoms with E-state index < -0.39 is 0 Å². The van der Waals surface area contributed by atoms with E-state index >= 15 is 0 Å². The standard InChI is InChI=1S/C13H27N3O2.HI/c1-13(2,17-4)10-16-12(14-3)15-8-7-11-6-5-9-18-11;/h11H,5-10H2,1-4H3,(H2,14,15,16);1H. The Labute approximate surface area is 133 Å². The summed E-state index contributed by atoms with van der Waals surface area (Å²) in [5, 5.41) is 6.56. The second-order valence-electron chi connectivity index (χ2n) is 5.24. The van der Waals surface area contributed by atoms with Crippen LogP contribution < -0.4 is 10.6 Å². The monoisotopic (exact) mass is 385 g/mol. The van der Waals surface area contributed by atoms with E-state index in [1.54, 1.807) is 14.2 Å². The van der Waals surface area contributed by atoms with Crippen LogP contribution in [0.3, 0.4) is 0 Å². The Morgan fingerprint density at radius 3 is 2.68 bits per heavy atom. The first-order valence-corrected chi connectivity index (χ1v) is 6.68. The van der Waals surface area contributed by atoms with Crippen LogP contribution in [0.5, 0.6) is 0 Å². The second-order valence-corrected chi connectivity index (χ2v) is 5.24. The highest BCUT2D eigenvalue weighted by Crippen LogP contribution is 2.14. The summed E-state index contributed by atoms with van der Waals surface area (Å²) in [4.78, 5) is 4.19. The topological polar surface area (TPSA) is 54.9 Å². The number of ether oxygens (including phenoxy) is 2. The van der Waals surface area contributed by atoms with Crippen LogP contribution in [-0.4, -0.2) is 51.5 Å². The fraction of sp³-hybridized carbons (Fsp3) is 0.923. The van der Waals surface area contributed by atoms with Gasteiger partial charge >= 0.3 is 0 Å². The van der Waals surface area contributed by atoms with Gasteiger partial charge in [-0.05, 0) is 33.1 Å². The summed E-state index contributed by atoms with van der Waals surface area (Å²) in [5.41, 5.74) is -0.188. The van der Waals surface area contributed by atoms with E-state index in [4.69, 9.17) is 9.47 Å². The van der Waals surface area contributed by atoms with Crippen LogP contribution in [0.4, 0.5) is 0 Å². The summed E-state index contributed by atoms with van der Waals surface area (Å²) in [6.07, 6.45) is 3.84. The van der Waals surface area contributed by atoms with E-state index in [-0.39, 0.29) is 29.6 Å². The quantitative estimate of drug-likeness (QED) is 0.416. The average molecular weight is 385 g/mol. The molecule has 0 amide bonds. The molecule has 0 bridgehead atoms. The first-order valence-electron chi connectivity index (χ1n) is 6.68. The highest BCUT2D eigenvalue weighted by molar-refractivity contribution is 14.0. The Balaban J connectivity index is 0.00000324. The molecule has 1 aliphatic rings. The van der Waals surface area contributed by atoms with Gasteiger partial charge in [0.2, 0.25) is 0 Å². The average Bonchev–Trinajstić information content (AvgIpc) is 2.86. The Kier molecular flexibility index (Phi) is 9.72. The lowest BCUT2D eigenvalue weighted by Crippen LogP contribution is -2.45. The molecule has 5 nitrogen and oxygen atoms in total. The minimum Gasteiger partial charge on any atom is -0.378 e. The van der Waals surface area contributed by atoms with E-state index in [2.05, 4.69) is 15.6 Å². The molecule has 0 aliphatic carbocycles. The van der Waals surface area contributed by atoms with Crippen molar-refractivity contribution in [2.75, 3.05) is 33.9 Å². The Morgan fingerprint density at radius 1 is 1.42 bits per heavy atom. The van der Waals surface area contributed by atoms with Gasteiger partial charge in [0.1, 0.15) is 0 Å². The maximum atomic E-state index is 5.58. The molecule has 1 fully saturated rings. The maximum absolute atomic E-state index is 5.58. The van der Waals surface area contributed by atoms with Crippen molar-refractivity contribution < 1.29 is 9.47 Å². The fourth-order valence-corrected chi connectivity index (χ4v) is 1.81. The van der Waals surface area contributed by atoms with E-state index in [0.29, 0.717) is 6.10 Å². The summed E-state index contributed by atoms with van der Waals surface area (Å²) in [6, 6.07) is 0. The predicted octanol–water partition coefficient (Wildman–Crippen LogP) is 1.76. The largest absolute Gasteiger partial charge is 0.378 e. The van der Waals surface area contributed by atoms with Gasteiger partial charge in [-0.2, -0.15) is 0 Å². The van der Waals surface area contributed by atoms with Crippen LogP contribution in [0.15, 0.2) is 4.99 Å². The molecule has 1 atom stereocenters. The molecule has 1 unspecified atom stereocenters. The smallest absolute Gasteiger partial charge is 0.191 e. The number of hydrogen-bond donors (Lipinski definition) is 2. The van der Waals surface area contributed by atoms with Crippen molar-refractivity contribution in [1.29, 1.82) is 0 Å². The van der Waals surface area contributed by atoms with E-state index in [0.717, 1.165) is 32.1 Å². The van der Waals surface area contributed by atoms with Crippen molar-refractivity contribution in [2.45, 2.75) is 44.8 Å². The number of nitrogens with zero attached hydrogens (tertiary/aromatic N) is 1. The van der Waals surface area contributed by atoms with Crippen molar-refractivity contribution in [2.24, 2.45) is 4.99 Å². The van der Waals surface area contributed by atoms with Crippen molar-refractivity contribution in [1.82, 2.24) is 10.6 Å². The minimum absolute atomic E-state index is 0. The zero-order chi connectivity index (χ0) is 13.4. The molecule has 114 valence electrons. The van der Waals surface area contributed by atoms with Crippen molar-refractivity contribution in [3.8, 4) is 0 Å². The molecule has 0 radical (unpaired) electrons. The second kappa shape index (κ2) is 9.77. The molecule has 0 saturated carbocycles. The van der Waals surface area contributed by atoms with Crippen LogP contribution in [0, 0.1) is 0 Å². The first-order chi connectivity index (χ1) is 8.57. The summed E-state index contributed by atoms with van der Waals surface area (Å²) < 4.78 is 10.9. The Bertz CT molecular complexity index is 267. The lowest BCUT2D eigenvalue weighted by molar-refractivity contribution is 0.0268. The van der Waals surface area contributed by atoms with Crippen molar-refractivity contribution >= 4 is 29.9 Å². The highest BCUT2D eigenvalue weighted by Gasteiger charge is 2.17. The van der Waals surface area contributed by atoms with Gasteiger partial charge in [-0.15, -0.1) is 24.0 Å². The van der Waals surface area contributed by atoms with Crippen LogP contribution in [0.25, 0.3) is 0 Å². The fourth-order valence-electron chi connectivity index (χ4n) is 1.81. The number of halogens is 1. The lowest BCUT2D eigenvalue weighted by Gasteiger charge is -2.24. The molecule has 1 aliphatic heterocycles. The molecule has 1 heterocycles. The third kappa shape index (κ3) is 7.94. The lowest BCUT2D eigenvalue weighted by atomic mass is 10.1. The van der Waals surface area contributed by atoms with Crippen LogP contribution >= 0.6 is 24.0 Å². The van der Waals surface area contributed by atoms with E-state index in [1.165, 1.54) is 12.8 Å². The summed E-state index contributed by atoms with van der Waals surface area (Å²) >= 11 is 0. The van der Waals surface area contributed by atoms with E-state index in [9.17, 15) is 0 Å². The first kappa shape index (κ1) is 18.9. The van der Waals surface area contributed by atoms with Crippen LogP contribution in [0.2, 0.25) is 0 Å². The maximum Gasteiger partial charge on any atom is 0.191 e. The molecule has 19 heavy (non-hydrogen) atoms. The van der Waals surface area contributed by atoms with Gasteiger partial charge in [-0.3, -0.25) is 4.99 Å².